The topological polar surface area (TPSA) is 86.4 Å². The maximum Gasteiger partial charge on any atom is 0.251 e. The van der Waals surface area contributed by atoms with Gasteiger partial charge in [-0.3, -0.25) is 14.6 Å². The second-order valence-corrected chi connectivity index (χ2v) is 11.8. The Balaban J connectivity index is 1.21. The van der Waals surface area contributed by atoms with Crippen molar-refractivity contribution in [1.29, 1.82) is 0 Å². The van der Waals surface area contributed by atoms with Crippen LogP contribution in [0.1, 0.15) is 78.7 Å². The first-order chi connectivity index (χ1) is 21.6. The van der Waals surface area contributed by atoms with E-state index >= 15 is 0 Å². The van der Waals surface area contributed by atoms with Gasteiger partial charge in [-0.25, -0.2) is 0 Å². The van der Waals surface area contributed by atoms with Crippen molar-refractivity contribution in [1.82, 2.24) is 25.8 Å². The van der Waals surface area contributed by atoms with Crippen molar-refractivity contribution >= 4 is 22.6 Å². The fourth-order valence-electron chi connectivity index (χ4n) is 6.02. The summed E-state index contributed by atoms with van der Waals surface area (Å²) in [4.78, 5) is 33.9. The van der Waals surface area contributed by atoms with Crippen LogP contribution >= 0.6 is 0 Å². The summed E-state index contributed by atoms with van der Waals surface area (Å²) in [6.07, 6.45) is 8.28. The third kappa shape index (κ3) is 8.97. The van der Waals surface area contributed by atoms with Crippen LogP contribution in [0.3, 0.4) is 0 Å². The number of nitrogens with one attached hydrogen (secondary N) is 3. The van der Waals surface area contributed by atoms with Crippen molar-refractivity contribution in [2.24, 2.45) is 0 Å². The summed E-state index contributed by atoms with van der Waals surface area (Å²) in [7, 11) is 0. The summed E-state index contributed by atoms with van der Waals surface area (Å²) >= 11 is 0. The zero-order chi connectivity index (χ0) is 30.6. The monoisotopic (exact) mass is 591 g/mol. The second kappa shape index (κ2) is 16.1. The Morgan fingerprint density at radius 3 is 2.34 bits per heavy atom. The molecular formula is C37H45N5O2. The van der Waals surface area contributed by atoms with Crippen LogP contribution in [0.15, 0.2) is 91.1 Å². The molecule has 1 saturated heterocycles. The molecule has 1 aromatic heterocycles. The van der Waals surface area contributed by atoms with Crippen molar-refractivity contribution in [3.05, 3.63) is 114 Å². The van der Waals surface area contributed by atoms with Crippen LogP contribution in [-0.2, 0) is 17.9 Å². The average molecular weight is 592 g/mol. The van der Waals surface area contributed by atoms with E-state index < -0.39 is 6.04 Å². The summed E-state index contributed by atoms with van der Waals surface area (Å²) in [6.45, 7) is 6.53. The van der Waals surface area contributed by atoms with Crippen LogP contribution in [-0.4, -0.2) is 47.4 Å². The van der Waals surface area contributed by atoms with Gasteiger partial charge in [0.2, 0.25) is 5.91 Å². The number of aromatic nitrogens is 1. The van der Waals surface area contributed by atoms with Crippen LogP contribution in [0.4, 0.5) is 0 Å². The minimum absolute atomic E-state index is 0.148. The predicted octanol–water partition coefficient (Wildman–Crippen LogP) is 6.16. The van der Waals surface area contributed by atoms with Crippen LogP contribution < -0.4 is 16.0 Å². The van der Waals surface area contributed by atoms with Crippen molar-refractivity contribution in [3.63, 3.8) is 0 Å². The number of hydrogen-bond acceptors (Lipinski definition) is 5. The van der Waals surface area contributed by atoms with Gasteiger partial charge in [0.25, 0.3) is 5.91 Å². The highest BCUT2D eigenvalue weighted by atomic mass is 16.2. The van der Waals surface area contributed by atoms with Gasteiger partial charge in [0.1, 0.15) is 6.04 Å². The summed E-state index contributed by atoms with van der Waals surface area (Å²) < 4.78 is 0. The first kappa shape index (κ1) is 31.4. The number of likely N-dealkylation sites (tertiary alicyclic amines) is 1. The Hall–Kier alpha value is -4.07. The van der Waals surface area contributed by atoms with Gasteiger partial charge in [0, 0.05) is 24.8 Å². The van der Waals surface area contributed by atoms with Gasteiger partial charge in [0.05, 0.1) is 11.7 Å². The number of hydrogen-bond donors (Lipinski definition) is 3. The zero-order valence-electron chi connectivity index (χ0n) is 25.8. The molecule has 0 bridgehead atoms. The molecule has 3 aromatic carbocycles. The highest BCUT2D eigenvalue weighted by Gasteiger charge is 2.24. The van der Waals surface area contributed by atoms with Crippen molar-refractivity contribution in [2.75, 3.05) is 19.6 Å². The highest BCUT2D eigenvalue weighted by molar-refractivity contribution is 5.97. The van der Waals surface area contributed by atoms with Crippen LogP contribution in [0.2, 0.25) is 0 Å². The Kier molecular flexibility index (Phi) is 11.5. The number of rotatable bonds is 13. The molecule has 0 radical (unpaired) electrons. The molecule has 4 aromatic rings. The molecule has 1 fully saturated rings. The van der Waals surface area contributed by atoms with E-state index in [9.17, 15) is 9.59 Å². The summed E-state index contributed by atoms with van der Waals surface area (Å²) in [5.74, 6) is -0.379. The Bertz CT molecular complexity index is 1480. The van der Waals surface area contributed by atoms with E-state index in [1.54, 1.807) is 6.20 Å². The Morgan fingerprint density at radius 1 is 0.818 bits per heavy atom. The normalized spacial score (nSPS) is 15.3. The van der Waals surface area contributed by atoms with Gasteiger partial charge in [-0.15, -0.1) is 0 Å². The lowest BCUT2D eigenvalue weighted by molar-refractivity contribution is -0.123. The fraction of sp³-hybridized carbons (Fsp3) is 0.378. The smallest absolute Gasteiger partial charge is 0.251 e. The van der Waals surface area contributed by atoms with Gasteiger partial charge < -0.3 is 20.9 Å². The van der Waals surface area contributed by atoms with Gasteiger partial charge in [0.15, 0.2) is 0 Å². The molecule has 7 heteroatoms. The fourth-order valence-corrected chi connectivity index (χ4v) is 6.02. The number of carbonyl (C=O) groups is 2. The molecule has 2 heterocycles. The molecule has 7 nitrogen and oxygen atoms in total. The van der Waals surface area contributed by atoms with Crippen LogP contribution in [0.25, 0.3) is 10.8 Å². The van der Waals surface area contributed by atoms with Crippen molar-refractivity contribution in [2.45, 2.75) is 70.6 Å². The predicted molar refractivity (Wildman–Crippen MR) is 177 cm³/mol. The van der Waals surface area contributed by atoms with Gasteiger partial charge in [-0.2, -0.15) is 0 Å². The number of amides is 2. The third-order valence-corrected chi connectivity index (χ3v) is 8.51. The molecule has 0 saturated carbocycles. The second-order valence-electron chi connectivity index (χ2n) is 11.8. The molecule has 1 aliphatic rings. The van der Waals surface area contributed by atoms with E-state index in [2.05, 4.69) is 50.1 Å². The van der Waals surface area contributed by atoms with E-state index in [4.69, 9.17) is 0 Å². The van der Waals surface area contributed by atoms with E-state index in [0.29, 0.717) is 25.1 Å². The maximum absolute atomic E-state index is 13.7. The van der Waals surface area contributed by atoms with E-state index in [0.717, 1.165) is 53.6 Å². The molecule has 2 amide bonds. The quantitative estimate of drug-likeness (QED) is 0.174. The minimum atomic E-state index is -0.619. The first-order valence-corrected chi connectivity index (χ1v) is 16.1. The molecule has 2 atom stereocenters. The highest BCUT2D eigenvalue weighted by Crippen LogP contribution is 2.24. The van der Waals surface area contributed by atoms with E-state index in [1.165, 1.54) is 25.7 Å². The standard InChI is InChI=1S/C37H45N5O2/c1-28(33-16-10-13-30-12-4-5-15-34(30)33)40-37(44)35(17-11-25-42-23-8-2-3-9-24-42)41-36(43)31-20-18-29(19-21-31)26-38-27-32-14-6-7-22-39-32/h4-7,10,12-16,18-22,28,35,38H,2-3,8-9,11,17,23-27H2,1H3,(H,40,44)(H,41,43)/t28?,35-/m0/s1. The van der Waals surface area contributed by atoms with Crippen molar-refractivity contribution in [3.8, 4) is 0 Å². The molecule has 3 N–H and O–H groups in total. The third-order valence-electron chi connectivity index (χ3n) is 8.51. The molecule has 1 unspecified atom stereocenters. The molecule has 230 valence electrons. The zero-order valence-corrected chi connectivity index (χ0v) is 25.8. The van der Waals surface area contributed by atoms with Gasteiger partial charge >= 0.3 is 0 Å². The average Bonchev–Trinajstić information content (AvgIpc) is 3.33. The molecule has 5 rings (SSSR count). The number of fused-ring (bicyclic) bond motifs is 1. The molecule has 0 spiro atoms. The minimum Gasteiger partial charge on any atom is -0.348 e. The SMILES string of the molecule is CC(NC(=O)[C@H](CCCN1CCCCCC1)NC(=O)c1ccc(CNCc2ccccn2)cc1)c1cccc2ccccc12. The van der Waals surface area contributed by atoms with Gasteiger partial charge in [-0.05, 0) is 98.4 Å². The van der Waals surface area contributed by atoms with Crippen molar-refractivity contribution < 1.29 is 9.59 Å². The lowest BCUT2D eigenvalue weighted by Gasteiger charge is -2.24. The summed E-state index contributed by atoms with van der Waals surface area (Å²) in [5.41, 5.74) is 3.68. The molecule has 44 heavy (non-hydrogen) atoms. The maximum atomic E-state index is 13.7. The number of benzene rings is 3. The molecule has 0 aliphatic carbocycles. The largest absolute Gasteiger partial charge is 0.348 e. The van der Waals surface area contributed by atoms with E-state index in [-0.39, 0.29) is 17.9 Å². The lowest BCUT2D eigenvalue weighted by Crippen LogP contribution is -2.47. The molecule has 1 aliphatic heterocycles. The summed E-state index contributed by atoms with van der Waals surface area (Å²) in [6, 6.07) is 27.0. The summed E-state index contributed by atoms with van der Waals surface area (Å²) in [5, 5.41) is 11.9. The number of carbonyl (C=O) groups excluding carboxylic acids is 2. The Morgan fingerprint density at radius 2 is 1.57 bits per heavy atom. The van der Waals surface area contributed by atoms with Crippen LogP contribution in [0.5, 0.6) is 0 Å². The van der Waals surface area contributed by atoms with Gasteiger partial charge in [-0.1, -0.05) is 73.5 Å². The number of nitrogens with zero attached hydrogens (tertiary/aromatic N) is 2. The number of pyridine rings is 1. The van der Waals surface area contributed by atoms with Crippen LogP contribution in [0, 0.1) is 0 Å². The Labute approximate surface area is 261 Å². The van der Waals surface area contributed by atoms with E-state index in [1.807, 2.05) is 67.6 Å². The first-order valence-electron chi connectivity index (χ1n) is 16.1. The lowest BCUT2D eigenvalue weighted by atomic mass is 9.99. The molecular weight excluding hydrogens is 546 g/mol.